The summed E-state index contributed by atoms with van der Waals surface area (Å²) in [7, 11) is 0. The molecular formula is C10H19NO3. The van der Waals surface area contributed by atoms with Gasteiger partial charge in [0, 0.05) is 13.2 Å². The Morgan fingerprint density at radius 2 is 2.36 bits per heavy atom. The van der Waals surface area contributed by atoms with Crippen LogP contribution in [0.3, 0.4) is 0 Å². The maximum Gasteiger partial charge on any atom is 0.248 e. The zero-order valence-corrected chi connectivity index (χ0v) is 8.99. The van der Waals surface area contributed by atoms with Gasteiger partial charge < -0.3 is 14.4 Å². The number of carbonyl (C=O) groups excluding carboxylic acids is 1. The molecule has 1 aliphatic heterocycles. The first-order valence-corrected chi connectivity index (χ1v) is 5.24. The molecule has 4 nitrogen and oxygen atoms in total. The molecule has 0 aromatic rings. The van der Waals surface area contributed by atoms with Crippen molar-refractivity contribution in [1.29, 1.82) is 0 Å². The summed E-state index contributed by atoms with van der Waals surface area (Å²) in [6.45, 7) is 6.76. The van der Waals surface area contributed by atoms with E-state index in [1.54, 1.807) is 0 Å². The van der Waals surface area contributed by atoms with Gasteiger partial charge in [0.1, 0.15) is 6.61 Å². The first-order valence-electron chi connectivity index (χ1n) is 5.24. The molecule has 0 saturated carbocycles. The molecule has 1 aliphatic rings. The predicted molar refractivity (Wildman–Crippen MR) is 53.1 cm³/mol. The Kier molecular flexibility index (Phi) is 4.90. The Morgan fingerprint density at radius 1 is 1.57 bits per heavy atom. The number of hydrogen-bond donors (Lipinski definition) is 0. The summed E-state index contributed by atoms with van der Waals surface area (Å²) < 4.78 is 10.4. The number of nitrogens with zero attached hydrogens (tertiary/aromatic N) is 1. The third-order valence-corrected chi connectivity index (χ3v) is 2.45. The summed E-state index contributed by atoms with van der Waals surface area (Å²) >= 11 is 0. The molecule has 1 atom stereocenters. The predicted octanol–water partition coefficient (Wildman–Crippen LogP) is 0.660. The fourth-order valence-corrected chi connectivity index (χ4v) is 1.59. The Morgan fingerprint density at radius 3 is 3.00 bits per heavy atom. The minimum atomic E-state index is 0.0852. The van der Waals surface area contributed by atoms with Crippen LogP contribution in [0.1, 0.15) is 20.3 Å². The van der Waals surface area contributed by atoms with E-state index in [0.717, 1.165) is 6.42 Å². The molecule has 0 aliphatic carbocycles. The second kappa shape index (κ2) is 5.98. The average Bonchev–Trinajstić information content (AvgIpc) is 2.25. The molecule has 1 heterocycles. The number of morpholine rings is 1. The number of ether oxygens (including phenoxy) is 2. The van der Waals surface area contributed by atoms with Gasteiger partial charge in [-0.05, 0) is 13.3 Å². The van der Waals surface area contributed by atoms with Crippen LogP contribution in [-0.4, -0.2) is 49.8 Å². The van der Waals surface area contributed by atoms with Crippen molar-refractivity contribution in [1.82, 2.24) is 4.90 Å². The quantitative estimate of drug-likeness (QED) is 0.670. The van der Waals surface area contributed by atoms with Crippen LogP contribution in [0, 0.1) is 0 Å². The summed E-state index contributed by atoms with van der Waals surface area (Å²) in [5, 5.41) is 0. The molecule has 1 unspecified atom stereocenters. The normalized spacial score (nSPS) is 22.4. The largest absolute Gasteiger partial charge is 0.377 e. The standard InChI is InChI=1S/C10H19NO3/c1-3-9-7-14-6-5-11(9)10(12)8-13-4-2/h9H,3-8H2,1-2H3. The van der Waals surface area contributed by atoms with Crippen LogP contribution in [0.2, 0.25) is 0 Å². The van der Waals surface area contributed by atoms with Crippen molar-refractivity contribution in [2.75, 3.05) is 33.0 Å². The third kappa shape index (κ3) is 2.96. The van der Waals surface area contributed by atoms with Gasteiger partial charge >= 0.3 is 0 Å². The first-order chi connectivity index (χ1) is 6.79. The molecule has 14 heavy (non-hydrogen) atoms. The average molecular weight is 201 g/mol. The molecule has 0 spiro atoms. The zero-order chi connectivity index (χ0) is 10.4. The fourth-order valence-electron chi connectivity index (χ4n) is 1.59. The van der Waals surface area contributed by atoms with Gasteiger partial charge in [-0.1, -0.05) is 6.92 Å². The maximum atomic E-state index is 11.7. The van der Waals surface area contributed by atoms with E-state index in [2.05, 4.69) is 6.92 Å². The van der Waals surface area contributed by atoms with E-state index in [1.807, 2.05) is 11.8 Å². The van der Waals surface area contributed by atoms with Crippen LogP contribution in [0.5, 0.6) is 0 Å². The van der Waals surface area contributed by atoms with Crippen LogP contribution in [0.4, 0.5) is 0 Å². The van der Waals surface area contributed by atoms with E-state index in [4.69, 9.17) is 9.47 Å². The molecule has 0 bridgehead atoms. The maximum absolute atomic E-state index is 11.7. The molecule has 82 valence electrons. The van der Waals surface area contributed by atoms with Gasteiger partial charge in [-0.15, -0.1) is 0 Å². The van der Waals surface area contributed by atoms with Crippen molar-refractivity contribution in [3.63, 3.8) is 0 Å². The Hall–Kier alpha value is -0.610. The summed E-state index contributed by atoms with van der Waals surface area (Å²) in [6.07, 6.45) is 0.942. The fraction of sp³-hybridized carbons (Fsp3) is 0.900. The highest BCUT2D eigenvalue weighted by Crippen LogP contribution is 2.10. The van der Waals surface area contributed by atoms with Gasteiger partial charge in [-0.2, -0.15) is 0 Å². The lowest BCUT2D eigenvalue weighted by atomic mass is 10.2. The van der Waals surface area contributed by atoms with Crippen LogP contribution in [0.15, 0.2) is 0 Å². The molecule has 0 aromatic heterocycles. The second-order valence-corrected chi connectivity index (χ2v) is 3.36. The molecule has 1 saturated heterocycles. The van der Waals surface area contributed by atoms with Crippen molar-refractivity contribution in [2.45, 2.75) is 26.3 Å². The summed E-state index contributed by atoms with van der Waals surface area (Å²) in [5.74, 6) is 0.0852. The lowest BCUT2D eigenvalue weighted by molar-refractivity contribution is -0.144. The number of rotatable bonds is 4. The van der Waals surface area contributed by atoms with Gasteiger partial charge in [0.2, 0.25) is 5.91 Å². The lowest BCUT2D eigenvalue weighted by Crippen LogP contribution is -2.49. The third-order valence-electron chi connectivity index (χ3n) is 2.45. The monoisotopic (exact) mass is 201 g/mol. The van der Waals surface area contributed by atoms with Crippen molar-refractivity contribution < 1.29 is 14.3 Å². The van der Waals surface area contributed by atoms with Crippen molar-refractivity contribution in [3.05, 3.63) is 0 Å². The van der Waals surface area contributed by atoms with Crippen LogP contribution < -0.4 is 0 Å². The molecule has 4 heteroatoms. The molecular weight excluding hydrogens is 182 g/mol. The Labute approximate surface area is 85.2 Å². The molecule has 0 aromatic carbocycles. The summed E-state index contributed by atoms with van der Waals surface area (Å²) in [5.41, 5.74) is 0. The van der Waals surface area contributed by atoms with Crippen LogP contribution in [0.25, 0.3) is 0 Å². The van der Waals surface area contributed by atoms with Gasteiger partial charge in [-0.3, -0.25) is 4.79 Å². The number of hydrogen-bond acceptors (Lipinski definition) is 3. The van der Waals surface area contributed by atoms with Crippen molar-refractivity contribution in [3.8, 4) is 0 Å². The van der Waals surface area contributed by atoms with Gasteiger partial charge in [0.15, 0.2) is 0 Å². The van der Waals surface area contributed by atoms with E-state index >= 15 is 0 Å². The zero-order valence-electron chi connectivity index (χ0n) is 8.99. The van der Waals surface area contributed by atoms with Crippen LogP contribution >= 0.6 is 0 Å². The summed E-state index contributed by atoms with van der Waals surface area (Å²) in [4.78, 5) is 13.5. The summed E-state index contributed by atoms with van der Waals surface area (Å²) in [6, 6.07) is 0.233. The number of amides is 1. The highest BCUT2D eigenvalue weighted by atomic mass is 16.5. The molecule has 1 amide bonds. The molecule has 1 rings (SSSR count). The topological polar surface area (TPSA) is 38.8 Å². The molecule has 1 fully saturated rings. The van der Waals surface area contributed by atoms with Gasteiger partial charge in [0.05, 0.1) is 19.3 Å². The van der Waals surface area contributed by atoms with E-state index in [9.17, 15) is 4.79 Å². The Balaban J connectivity index is 2.41. The molecule has 0 radical (unpaired) electrons. The second-order valence-electron chi connectivity index (χ2n) is 3.36. The van der Waals surface area contributed by atoms with Crippen LogP contribution in [-0.2, 0) is 14.3 Å². The minimum Gasteiger partial charge on any atom is -0.377 e. The van der Waals surface area contributed by atoms with E-state index < -0.39 is 0 Å². The Bertz CT molecular complexity index is 184. The smallest absolute Gasteiger partial charge is 0.248 e. The van der Waals surface area contributed by atoms with Gasteiger partial charge in [-0.25, -0.2) is 0 Å². The lowest BCUT2D eigenvalue weighted by Gasteiger charge is -2.35. The van der Waals surface area contributed by atoms with Crippen molar-refractivity contribution in [2.24, 2.45) is 0 Å². The van der Waals surface area contributed by atoms with E-state index in [0.29, 0.717) is 26.4 Å². The van der Waals surface area contributed by atoms with E-state index in [-0.39, 0.29) is 18.6 Å². The minimum absolute atomic E-state index is 0.0852. The van der Waals surface area contributed by atoms with E-state index in [1.165, 1.54) is 0 Å². The number of carbonyl (C=O) groups is 1. The highest BCUT2D eigenvalue weighted by molar-refractivity contribution is 5.77. The van der Waals surface area contributed by atoms with Crippen molar-refractivity contribution >= 4 is 5.91 Å². The highest BCUT2D eigenvalue weighted by Gasteiger charge is 2.25. The molecule has 0 N–H and O–H groups in total. The van der Waals surface area contributed by atoms with Gasteiger partial charge in [0.25, 0.3) is 0 Å². The first kappa shape index (κ1) is 11.5. The SMILES string of the molecule is CCOCC(=O)N1CCOCC1CC.